The molecule has 1 aromatic rings. The average Bonchev–Trinajstić information content (AvgIpc) is 3.00. The quantitative estimate of drug-likeness (QED) is 0.725. The molecule has 14 heavy (non-hydrogen) atoms. The van der Waals surface area contributed by atoms with Crippen molar-refractivity contribution < 1.29 is 0 Å². The Balaban J connectivity index is 2.04. The molecular weight excluding hydrogens is 172 g/mol. The van der Waals surface area contributed by atoms with E-state index in [0.29, 0.717) is 0 Å². The van der Waals surface area contributed by atoms with Crippen molar-refractivity contribution in [2.45, 2.75) is 12.8 Å². The Labute approximate surface area is 84.8 Å². The highest BCUT2D eigenvalue weighted by Gasteiger charge is 2.43. The second kappa shape index (κ2) is 3.34. The van der Waals surface area contributed by atoms with Gasteiger partial charge in [-0.05, 0) is 25.0 Å². The van der Waals surface area contributed by atoms with E-state index in [9.17, 15) is 0 Å². The lowest BCUT2D eigenvalue weighted by atomic mass is 10.1. The number of hydrogen-bond acceptors (Lipinski definition) is 2. The standard InChI is InChI=1S/C12H14N2/c1-14(10-12(9-13)7-8-12)11-5-3-2-4-6-11/h2-6H,7-8,10H2,1H3. The van der Waals surface area contributed by atoms with Crippen molar-refractivity contribution in [3.63, 3.8) is 0 Å². The molecule has 0 N–H and O–H groups in total. The van der Waals surface area contributed by atoms with Crippen LogP contribution in [0.1, 0.15) is 12.8 Å². The second-order valence-electron chi connectivity index (χ2n) is 4.08. The maximum absolute atomic E-state index is 8.98. The molecule has 0 saturated heterocycles. The van der Waals surface area contributed by atoms with Gasteiger partial charge in [0.05, 0.1) is 11.5 Å². The van der Waals surface area contributed by atoms with E-state index in [2.05, 4.69) is 23.1 Å². The largest absolute Gasteiger partial charge is 0.373 e. The number of rotatable bonds is 3. The minimum atomic E-state index is -0.0510. The summed E-state index contributed by atoms with van der Waals surface area (Å²) in [6.45, 7) is 0.855. The molecule has 1 aromatic carbocycles. The summed E-state index contributed by atoms with van der Waals surface area (Å²) >= 11 is 0. The monoisotopic (exact) mass is 186 g/mol. The van der Waals surface area contributed by atoms with Gasteiger partial charge in [0.2, 0.25) is 0 Å². The van der Waals surface area contributed by atoms with Crippen LogP contribution in [-0.2, 0) is 0 Å². The van der Waals surface area contributed by atoms with Crippen molar-refractivity contribution >= 4 is 5.69 Å². The molecule has 72 valence electrons. The van der Waals surface area contributed by atoms with Gasteiger partial charge in [-0.3, -0.25) is 0 Å². The van der Waals surface area contributed by atoms with Gasteiger partial charge in [-0.25, -0.2) is 0 Å². The maximum Gasteiger partial charge on any atom is 0.0749 e. The lowest BCUT2D eigenvalue weighted by molar-refractivity contribution is 0.653. The molecule has 0 atom stereocenters. The van der Waals surface area contributed by atoms with E-state index in [1.165, 1.54) is 5.69 Å². The first-order valence-corrected chi connectivity index (χ1v) is 4.93. The van der Waals surface area contributed by atoms with Crippen LogP contribution in [0.5, 0.6) is 0 Å². The van der Waals surface area contributed by atoms with Crippen LogP contribution in [0.15, 0.2) is 30.3 Å². The van der Waals surface area contributed by atoms with Crippen molar-refractivity contribution in [3.8, 4) is 6.07 Å². The van der Waals surface area contributed by atoms with Crippen molar-refractivity contribution in [2.24, 2.45) is 5.41 Å². The zero-order chi connectivity index (χ0) is 10.0. The Hall–Kier alpha value is -1.49. The highest BCUT2D eigenvalue weighted by molar-refractivity contribution is 5.46. The molecule has 0 amide bonds. The van der Waals surface area contributed by atoms with Gasteiger partial charge >= 0.3 is 0 Å². The van der Waals surface area contributed by atoms with Crippen LogP contribution < -0.4 is 4.90 Å². The Bertz CT molecular complexity index is 346. The number of nitrogens with zero attached hydrogens (tertiary/aromatic N) is 2. The predicted octanol–water partition coefficient (Wildman–Crippen LogP) is 2.43. The zero-order valence-corrected chi connectivity index (χ0v) is 8.40. The second-order valence-corrected chi connectivity index (χ2v) is 4.08. The minimum Gasteiger partial charge on any atom is -0.373 e. The van der Waals surface area contributed by atoms with Gasteiger partial charge < -0.3 is 4.90 Å². The normalized spacial score (nSPS) is 17.1. The van der Waals surface area contributed by atoms with Gasteiger partial charge in [0.15, 0.2) is 0 Å². The van der Waals surface area contributed by atoms with E-state index in [-0.39, 0.29) is 5.41 Å². The predicted molar refractivity (Wildman–Crippen MR) is 57.0 cm³/mol. The van der Waals surface area contributed by atoms with E-state index in [0.717, 1.165) is 19.4 Å². The van der Waals surface area contributed by atoms with Gasteiger partial charge in [-0.1, -0.05) is 18.2 Å². The SMILES string of the molecule is CN(CC1(C#N)CC1)c1ccccc1. The van der Waals surface area contributed by atoms with Crippen LogP contribution in [0.4, 0.5) is 5.69 Å². The van der Waals surface area contributed by atoms with Gasteiger partial charge in [-0.2, -0.15) is 5.26 Å². The van der Waals surface area contributed by atoms with Crippen LogP contribution in [0.3, 0.4) is 0 Å². The van der Waals surface area contributed by atoms with Crippen LogP contribution in [-0.4, -0.2) is 13.6 Å². The summed E-state index contributed by atoms with van der Waals surface area (Å²) in [5, 5.41) is 8.98. The van der Waals surface area contributed by atoms with Crippen LogP contribution >= 0.6 is 0 Å². The molecule has 2 nitrogen and oxygen atoms in total. The Morgan fingerprint density at radius 1 is 1.36 bits per heavy atom. The molecule has 0 spiro atoms. The first-order chi connectivity index (χ1) is 6.76. The summed E-state index contributed by atoms with van der Waals surface area (Å²) in [5.41, 5.74) is 1.14. The van der Waals surface area contributed by atoms with Gasteiger partial charge in [-0.15, -0.1) is 0 Å². The van der Waals surface area contributed by atoms with Crippen molar-refractivity contribution in [1.82, 2.24) is 0 Å². The fraction of sp³-hybridized carbons (Fsp3) is 0.417. The van der Waals surface area contributed by atoms with Gasteiger partial charge in [0, 0.05) is 19.3 Å². The Morgan fingerprint density at radius 3 is 2.50 bits per heavy atom. The molecule has 1 aliphatic carbocycles. The topological polar surface area (TPSA) is 27.0 Å². The van der Waals surface area contributed by atoms with Gasteiger partial charge in [0.1, 0.15) is 0 Å². The lowest BCUT2D eigenvalue weighted by Gasteiger charge is -2.21. The molecule has 0 aromatic heterocycles. The molecule has 0 heterocycles. The fourth-order valence-electron chi connectivity index (χ4n) is 1.68. The minimum absolute atomic E-state index is 0.0510. The highest BCUT2D eigenvalue weighted by atomic mass is 15.1. The Kier molecular flexibility index (Phi) is 2.17. The summed E-state index contributed by atoms with van der Waals surface area (Å²) < 4.78 is 0. The molecule has 0 unspecified atom stereocenters. The van der Waals surface area contributed by atoms with Gasteiger partial charge in [0.25, 0.3) is 0 Å². The number of benzene rings is 1. The molecule has 2 rings (SSSR count). The van der Waals surface area contributed by atoms with Crippen molar-refractivity contribution in [1.29, 1.82) is 5.26 Å². The van der Waals surface area contributed by atoms with E-state index in [1.807, 2.05) is 25.2 Å². The Morgan fingerprint density at radius 2 is 2.00 bits per heavy atom. The first kappa shape index (κ1) is 9.08. The molecule has 1 aliphatic rings. The van der Waals surface area contributed by atoms with Crippen LogP contribution in [0, 0.1) is 16.7 Å². The molecule has 0 radical (unpaired) electrons. The van der Waals surface area contributed by atoms with Crippen LogP contribution in [0.25, 0.3) is 0 Å². The molecule has 1 saturated carbocycles. The summed E-state index contributed by atoms with van der Waals surface area (Å²) in [4.78, 5) is 2.16. The molecule has 0 bridgehead atoms. The third kappa shape index (κ3) is 1.72. The number of hydrogen-bond donors (Lipinski definition) is 0. The highest BCUT2D eigenvalue weighted by Crippen LogP contribution is 2.45. The molecule has 0 aliphatic heterocycles. The van der Waals surface area contributed by atoms with Crippen molar-refractivity contribution in [3.05, 3.63) is 30.3 Å². The van der Waals surface area contributed by atoms with E-state index in [4.69, 9.17) is 5.26 Å². The lowest BCUT2D eigenvalue weighted by Crippen LogP contribution is -2.25. The average molecular weight is 186 g/mol. The number of anilines is 1. The van der Waals surface area contributed by atoms with Crippen molar-refractivity contribution in [2.75, 3.05) is 18.5 Å². The fourth-order valence-corrected chi connectivity index (χ4v) is 1.68. The number of nitriles is 1. The molecular formula is C12H14N2. The van der Waals surface area contributed by atoms with Crippen LogP contribution in [0.2, 0.25) is 0 Å². The summed E-state index contributed by atoms with van der Waals surface area (Å²) in [5.74, 6) is 0. The summed E-state index contributed by atoms with van der Waals surface area (Å²) in [6, 6.07) is 12.6. The van der Waals surface area contributed by atoms with E-state index < -0.39 is 0 Å². The summed E-state index contributed by atoms with van der Waals surface area (Å²) in [6.07, 6.45) is 2.11. The zero-order valence-electron chi connectivity index (χ0n) is 8.40. The maximum atomic E-state index is 8.98. The molecule has 2 heteroatoms. The third-order valence-electron chi connectivity index (χ3n) is 2.83. The number of para-hydroxylation sites is 1. The molecule has 1 fully saturated rings. The first-order valence-electron chi connectivity index (χ1n) is 4.93. The van der Waals surface area contributed by atoms with E-state index >= 15 is 0 Å². The van der Waals surface area contributed by atoms with E-state index in [1.54, 1.807) is 0 Å². The smallest absolute Gasteiger partial charge is 0.0749 e. The summed E-state index contributed by atoms with van der Waals surface area (Å²) in [7, 11) is 2.05. The third-order valence-corrected chi connectivity index (χ3v) is 2.83.